The minimum absolute atomic E-state index is 0.0162. The second-order valence-electron chi connectivity index (χ2n) is 7.13. The zero-order valence-electron chi connectivity index (χ0n) is 17.8. The van der Waals surface area contributed by atoms with Crippen molar-refractivity contribution in [2.45, 2.75) is 24.3 Å². The molecule has 13 heteroatoms. The lowest BCUT2D eigenvalue weighted by atomic mass is 10.2. The maximum atomic E-state index is 12.9. The van der Waals surface area contributed by atoms with Crippen molar-refractivity contribution < 1.29 is 22.8 Å². The van der Waals surface area contributed by atoms with E-state index in [0.717, 1.165) is 30.0 Å². The van der Waals surface area contributed by atoms with Crippen molar-refractivity contribution in [2.75, 3.05) is 11.1 Å². The van der Waals surface area contributed by atoms with E-state index in [1.54, 1.807) is 42.8 Å². The normalized spacial score (nSPS) is 12.3. The molecule has 0 saturated carbocycles. The Hall–Kier alpha value is -2.76. The third-order valence-corrected chi connectivity index (χ3v) is 6.21. The molecule has 0 fully saturated rings. The van der Waals surface area contributed by atoms with E-state index in [1.165, 1.54) is 0 Å². The molecule has 0 radical (unpaired) electrons. The van der Waals surface area contributed by atoms with Crippen LogP contribution in [0.2, 0.25) is 10.0 Å². The number of aromatic nitrogens is 3. The number of alkyl halides is 3. The lowest BCUT2D eigenvalue weighted by molar-refractivity contribution is -0.137. The average molecular weight is 532 g/mol. The van der Waals surface area contributed by atoms with E-state index in [-0.39, 0.29) is 22.4 Å². The molecule has 3 aromatic rings. The lowest BCUT2D eigenvalue weighted by Gasteiger charge is -2.14. The molecular weight excluding hydrogens is 514 g/mol. The van der Waals surface area contributed by atoms with Gasteiger partial charge in [-0.1, -0.05) is 35.0 Å². The van der Waals surface area contributed by atoms with Crippen LogP contribution in [0, 0.1) is 0 Å². The van der Waals surface area contributed by atoms with Gasteiger partial charge >= 0.3 is 6.18 Å². The van der Waals surface area contributed by atoms with E-state index < -0.39 is 23.7 Å². The Morgan fingerprint density at radius 3 is 2.44 bits per heavy atom. The summed E-state index contributed by atoms with van der Waals surface area (Å²) < 4.78 is 40.3. The van der Waals surface area contributed by atoms with Crippen LogP contribution in [-0.4, -0.2) is 32.3 Å². The Morgan fingerprint density at radius 1 is 1.12 bits per heavy atom. The number of carbonyl (C=O) groups is 2. The van der Waals surface area contributed by atoms with Gasteiger partial charge in [0.05, 0.1) is 28.1 Å². The summed E-state index contributed by atoms with van der Waals surface area (Å²) in [5.41, 5.74) is -0.635. The first kappa shape index (κ1) is 25.9. The highest BCUT2D eigenvalue weighted by Crippen LogP contribution is 2.34. The van der Waals surface area contributed by atoms with Gasteiger partial charge in [0, 0.05) is 17.6 Å². The number of thioether (sulfide) groups is 1. The van der Waals surface area contributed by atoms with Crippen LogP contribution in [0.3, 0.4) is 0 Å². The predicted octanol–water partition coefficient (Wildman–Crippen LogP) is 5.36. The van der Waals surface area contributed by atoms with E-state index >= 15 is 0 Å². The lowest BCUT2D eigenvalue weighted by Crippen LogP contribution is -2.28. The molecule has 34 heavy (non-hydrogen) atoms. The van der Waals surface area contributed by atoms with Gasteiger partial charge in [0.2, 0.25) is 5.91 Å². The zero-order valence-corrected chi connectivity index (χ0v) is 20.1. The highest BCUT2D eigenvalue weighted by Gasteiger charge is 2.31. The molecule has 180 valence electrons. The van der Waals surface area contributed by atoms with Gasteiger partial charge in [-0.2, -0.15) is 13.2 Å². The smallest absolute Gasteiger partial charge is 0.342 e. The van der Waals surface area contributed by atoms with Gasteiger partial charge in [-0.05, 0) is 49.4 Å². The molecule has 0 aliphatic rings. The van der Waals surface area contributed by atoms with Crippen LogP contribution < -0.4 is 10.6 Å². The summed E-state index contributed by atoms with van der Waals surface area (Å²) in [6.07, 6.45) is -4.56. The first-order valence-electron chi connectivity index (χ1n) is 9.71. The largest absolute Gasteiger partial charge is 0.416 e. The number of rotatable bonds is 7. The summed E-state index contributed by atoms with van der Waals surface area (Å²) in [6, 6.07) is 8.59. The summed E-state index contributed by atoms with van der Waals surface area (Å²) in [4.78, 5) is 24.7. The van der Waals surface area contributed by atoms with Crippen LogP contribution in [0.15, 0.2) is 47.6 Å². The fourth-order valence-corrected chi connectivity index (χ4v) is 3.90. The van der Waals surface area contributed by atoms with Crippen LogP contribution in [0.1, 0.15) is 34.7 Å². The molecule has 2 aromatic carbocycles. The van der Waals surface area contributed by atoms with Crippen molar-refractivity contribution in [3.05, 3.63) is 69.5 Å². The summed E-state index contributed by atoms with van der Waals surface area (Å²) >= 11 is 12.8. The minimum Gasteiger partial charge on any atom is -0.342 e. The molecular formula is C21H18Cl2F3N5O2S. The fourth-order valence-electron chi connectivity index (χ4n) is 2.89. The van der Waals surface area contributed by atoms with Crippen LogP contribution in [-0.2, 0) is 18.0 Å². The maximum Gasteiger partial charge on any atom is 0.416 e. The van der Waals surface area contributed by atoms with Crippen LogP contribution in [0.5, 0.6) is 0 Å². The number of nitrogens with zero attached hydrogens (tertiary/aromatic N) is 3. The molecule has 0 saturated heterocycles. The molecule has 1 atom stereocenters. The van der Waals surface area contributed by atoms with Crippen LogP contribution >= 0.6 is 35.0 Å². The maximum absolute atomic E-state index is 12.9. The van der Waals surface area contributed by atoms with Crippen molar-refractivity contribution >= 4 is 52.5 Å². The molecule has 2 amide bonds. The molecule has 0 bridgehead atoms. The third-order valence-electron chi connectivity index (χ3n) is 4.61. The Labute approximate surface area is 207 Å². The number of hydrogen-bond donors (Lipinski definition) is 2. The van der Waals surface area contributed by atoms with Crippen molar-refractivity contribution in [1.82, 2.24) is 20.1 Å². The highest BCUT2D eigenvalue weighted by molar-refractivity contribution is 7.99. The Kier molecular flexibility index (Phi) is 8.11. The van der Waals surface area contributed by atoms with Crippen molar-refractivity contribution in [2.24, 2.45) is 7.05 Å². The number of carbonyl (C=O) groups excluding carboxylic acids is 2. The van der Waals surface area contributed by atoms with Gasteiger partial charge in [-0.25, -0.2) is 0 Å². The summed E-state index contributed by atoms with van der Waals surface area (Å²) in [6.45, 7) is 1.73. The van der Waals surface area contributed by atoms with E-state index in [2.05, 4.69) is 20.8 Å². The van der Waals surface area contributed by atoms with Gasteiger partial charge in [-0.15, -0.1) is 10.2 Å². The minimum atomic E-state index is -4.56. The summed E-state index contributed by atoms with van der Waals surface area (Å²) in [5, 5.41) is 14.2. The second-order valence-corrected chi connectivity index (χ2v) is 8.92. The molecule has 7 nitrogen and oxygen atoms in total. The van der Waals surface area contributed by atoms with Crippen molar-refractivity contribution in [3.63, 3.8) is 0 Å². The van der Waals surface area contributed by atoms with Gasteiger partial charge in [0.1, 0.15) is 0 Å². The van der Waals surface area contributed by atoms with Crippen LogP contribution in [0.4, 0.5) is 18.9 Å². The summed E-state index contributed by atoms with van der Waals surface area (Å²) in [5.74, 6) is -0.589. The predicted molar refractivity (Wildman–Crippen MR) is 124 cm³/mol. The molecule has 0 aliphatic heterocycles. The second kappa shape index (κ2) is 10.7. The quantitative estimate of drug-likeness (QED) is 0.400. The van der Waals surface area contributed by atoms with E-state index in [9.17, 15) is 22.8 Å². The number of amides is 2. The Balaban J connectivity index is 1.60. The number of anilines is 1. The van der Waals surface area contributed by atoms with E-state index in [4.69, 9.17) is 23.2 Å². The SMILES string of the molecule is C[C@@H](NC(=O)c1ccc(Cl)cc1)c1nnc(SCC(=O)Nc2cc(C(F)(F)F)ccc2Cl)n1C. The number of benzene rings is 2. The molecule has 0 spiro atoms. The highest BCUT2D eigenvalue weighted by atomic mass is 35.5. The van der Waals surface area contributed by atoms with E-state index in [0.29, 0.717) is 21.6 Å². The first-order chi connectivity index (χ1) is 16.0. The van der Waals surface area contributed by atoms with E-state index in [1.807, 2.05) is 0 Å². The number of nitrogens with one attached hydrogen (secondary N) is 2. The topological polar surface area (TPSA) is 88.9 Å². The Bertz CT molecular complexity index is 1200. The number of halogens is 5. The summed E-state index contributed by atoms with van der Waals surface area (Å²) in [7, 11) is 1.67. The number of hydrogen-bond acceptors (Lipinski definition) is 5. The molecule has 3 rings (SSSR count). The monoisotopic (exact) mass is 531 g/mol. The van der Waals surface area contributed by atoms with Crippen LogP contribution in [0.25, 0.3) is 0 Å². The van der Waals surface area contributed by atoms with Gasteiger partial charge in [-0.3, -0.25) is 9.59 Å². The molecule has 0 aliphatic carbocycles. The molecule has 0 unspecified atom stereocenters. The molecule has 2 N–H and O–H groups in total. The first-order valence-corrected chi connectivity index (χ1v) is 11.4. The molecule has 1 heterocycles. The van der Waals surface area contributed by atoms with Crippen molar-refractivity contribution in [3.8, 4) is 0 Å². The standard InChI is InChI=1S/C21H18Cl2F3N5O2S/c1-11(27-19(33)12-3-6-14(22)7-4-12)18-29-30-20(31(18)2)34-10-17(32)28-16-9-13(21(24,25)26)5-8-15(16)23/h3-9,11H,10H2,1-2H3,(H,27,33)(H,28,32)/t11-/m1/s1. The average Bonchev–Trinajstić information content (AvgIpc) is 3.13. The van der Waals surface area contributed by atoms with Crippen molar-refractivity contribution in [1.29, 1.82) is 0 Å². The van der Waals surface area contributed by atoms with Gasteiger partial charge < -0.3 is 15.2 Å². The Morgan fingerprint density at radius 2 is 1.79 bits per heavy atom. The molecule has 1 aromatic heterocycles. The van der Waals surface area contributed by atoms with Gasteiger partial charge in [0.25, 0.3) is 5.91 Å². The van der Waals surface area contributed by atoms with Gasteiger partial charge in [0.15, 0.2) is 11.0 Å². The third kappa shape index (κ3) is 6.43. The fraction of sp³-hybridized carbons (Fsp3) is 0.238. The zero-order chi connectivity index (χ0) is 25.0.